The fourth-order valence-corrected chi connectivity index (χ4v) is 2.71. The Morgan fingerprint density at radius 1 is 1.55 bits per heavy atom. The molecule has 1 aliphatic carbocycles. The van der Waals surface area contributed by atoms with Crippen molar-refractivity contribution in [1.82, 2.24) is 5.32 Å². The summed E-state index contributed by atoms with van der Waals surface area (Å²) in [7, 11) is 0. The van der Waals surface area contributed by atoms with E-state index >= 15 is 0 Å². The van der Waals surface area contributed by atoms with E-state index in [0.717, 1.165) is 25.8 Å². The van der Waals surface area contributed by atoms with Crippen LogP contribution in [0.5, 0.6) is 0 Å². The predicted octanol–water partition coefficient (Wildman–Crippen LogP) is 3.82. The molecular formula is C14H18BrFN2O2. The van der Waals surface area contributed by atoms with E-state index in [1.165, 1.54) is 12.1 Å². The molecule has 0 heterocycles. The molecule has 2 rings (SSSR count). The van der Waals surface area contributed by atoms with Gasteiger partial charge in [0.25, 0.3) is 5.69 Å². The number of nitrogens with zero attached hydrogens (tertiary/aromatic N) is 1. The van der Waals surface area contributed by atoms with E-state index in [2.05, 4.69) is 28.2 Å². The van der Waals surface area contributed by atoms with Crippen LogP contribution in [0.25, 0.3) is 0 Å². The van der Waals surface area contributed by atoms with Crippen molar-refractivity contribution in [1.29, 1.82) is 0 Å². The molecule has 1 fully saturated rings. The van der Waals surface area contributed by atoms with Gasteiger partial charge >= 0.3 is 0 Å². The summed E-state index contributed by atoms with van der Waals surface area (Å²) in [5, 5.41) is 14.5. The Hall–Kier alpha value is -1.01. The molecule has 0 radical (unpaired) electrons. The number of nitrogens with one attached hydrogen (secondary N) is 1. The van der Waals surface area contributed by atoms with Crippen LogP contribution in [0.3, 0.4) is 0 Å². The normalized spacial score (nSPS) is 16.1. The second-order valence-electron chi connectivity index (χ2n) is 5.25. The van der Waals surface area contributed by atoms with Gasteiger partial charge in [0.2, 0.25) is 0 Å². The number of benzene rings is 1. The molecule has 6 heteroatoms. The van der Waals surface area contributed by atoms with Crippen molar-refractivity contribution in [3.05, 3.63) is 38.1 Å². The molecule has 110 valence electrons. The molecule has 20 heavy (non-hydrogen) atoms. The lowest BCUT2D eigenvalue weighted by atomic mass is 10.0. The summed E-state index contributed by atoms with van der Waals surface area (Å²) in [6.07, 6.45) is 3.81. The molecular weight excluding hydrogens is 327 g/mol. The van der Waals surface area contributed by atoms with Gasteiger partial charge in [-0.05, 0) is 60.1 Å². The Labute approximate surface area is 126 Å². The van der Waals surface area contributed by atoms with Crippen molar-refractivity contribution in [2.24, 2.45) is 5.92 Å². The first kappa shape index (κ1) is 15.4. The lowest BCUT2D eigenvalue weighted by Crippen LogP contribution is -2.33. The van der Waals surface area contributed by atoms with Crippen LogP contribution in [0.2, 0.25) is 0 Å². The van der Waals surface area contributed by atoms with E-state index in [0.29, 0.717) is 17.9 Å². The van der Waals surface area contributed by atoms with Gasteiger partial charge in [0.1, 0.15) is 5.82 Å². The Morgan fingerprint density at radius 3 is 2.80 bits per heavy atom. The minimum atomic E-state index is -0.448. The van der Waals surface area contributed by atoms with Crippen LogP contribution in [0, 0.1) is 21.8 Å². The van der Waals surface area contributed by atoms with Gasteiger partial charge in [0.15, 0.2) is 0 Å². The Balaban J connectivity index is 2.21. The maximum atomic E-state index is 13.7. The first-order valence-corrected chi connectivity index (χ1v) is 7.68. The van der Waals surface area contributed by atoms with Gasteiger partial charge in [-0.3, -0.25) is 10.1 Å². The maximum Gasteiger partial charge on any atom is 0.273 e. The van der Waals surface area contributed by atoms with Crippen molar-refractivity contribution in [3.8, 4) is 0 Å². The van der Waals surface area contributed by atoms with Crippen LogP contribution in [0.4, 0.5) is 10.1 Å². The van der Waals surface area contributed by atoms with E-state index < -0.39 is 10.7 Å². The van der Waals surface area contributed by atoms with Gasteiger partial charge in [-0.1, -0.05) is 6.92 Å². The molecule has 1 aromatic rings. The summed E-state index contributed by atoms with van der Waals surface area (Å²) < 4.78 is 13.8. The van der Waals surface area contributed by atoms with Gasteiger partial charge in [-0.25, -0.2) is 4.39 Å². The molecule has 0 bridgehead atoms. The molecule has 4 nitrogen and oxygen atoms in total. The summed E-state index contributed by atoms with van der Waals surface area (Å²) in [4.78, 5) is 10.7. The summed E-state index contributed by atoms with van der Waals surface area (Å²) in [6, 6.07) is 2.74. The summed E-state index contributed by atoms with van der Waals surface area (Å²) in [5.41, 5.74) is 0.457. The third kappa shape index (κ3) is 3.76. The van der Waals surface area contributed by atoms with Crippen molar-refractivity contribution < 1.29 is 9.31 Å². The van der Waals surface area contributed by atoms with Gasteiger partial charge < -0.3 is 5.32 Å². The molecule has 0 aliphatic heterocycles. The van der Waals surface area contributed by atoms with Crippen LogP contribution >= 0.6 is 15.9 Å². The van der Waals surface area contributed by atoms with Crippen LogP contribution in [-0.2, 0) is 6.42 Å². The number of hydrogen-bond donors (Lipinski definition) is 1. The van der Waals surface area contributed by atoms with Crippen LogP contribution < -0.4 is 5.32 Å². The quantitative estimate of drug-likeness (QED) is 0.604. The zero-order chi connectivity index (χ0) is 14.7. The lowest BCUT2D eigenvalue weighted by molar-refractivity contribution is -0.385. The van der Waals surface area contributed by atoms with Crippen LogP contribution in [-0.4, -0.2) is 17.5 Å². The number of nitro groups is 1. The summed E-state index contributed by atoms with van der Waals surface area (Å²) in [5.74, 6) is 0.114. The smallest absolute Gasteiger partial charge is 0.273 e. The molecule has 0 saturated heterocycles. The zero-order valence-electron chi connectivity index (χ0n) is 11.4. The largest absolute Gasteiger partial charge is 0.313 e. The van der Waals surface area contributed by atoms with Gasteiger partial charge in [0, 0.05) is 17.7 Å². The molecule has 1 N–H and O–H groups in total. The maximum absolute atomic E-state index is 13.7. The molecule has 1 aromatic carbocycles. The van der Waals surface area contributed by atoms with Crippen LogP contribution in [0.1, 0.15) is 31.7 Å². The lowest BCUT2D eigenvalue weighted by Gasteiger charge is -2.18. The van der Waals surface area contributed by atoms with Gasteiger partial charge in [0.05, 0.1) is 9.40 Å². The third-order valence-electron chi connectivity index (χ3n) is 3.61. The summed E-state index contributed by atoms with van der Waals surface area (Å²) >= 11 is 3.00. The van der Waals surface area contributed by atoms with Crippen molar-refractivity contribution >= 4 is 21.6 Å². The molecule has 0 aromatic heterocycles. The van der Waals surface area contributed by atoms with Crippen molar-refractivity contribution in [2.75, 3.05) is 6.54 Å². The highest BCUT2D eigenvalue weighted by atomic mass is 79.9. The van der Waals surface area contributed by atoms with Crippen molar-refractivity contribution in [2.45, 2.75) is 38.6 Å². The molecule has 0 amide bonds. The fourth-order valence-electron chi connectivity index (χ4n) is 2.38. The SMILES string of the molecule is CCCNC(Cc1cc(F)c(Br)cc1[N+](=O)[O-])C1CC1. The van der Waals surface area contributed by atoms with E-state index in [1.54, 1.807) is 0 Å². The summed E-state index contributed by atoms with van der Waals surface area (Å²) in [6.45, 7) is 2.96. The highest BCUT2D eigenvalue weighted by Crippen LogP contribution is 2.36. The van der Waals surface area contributed by atoms with Gasteiger partial charge in [-0.2, -0.15) is 0 Å². The van der Waals surface area contributed by atoms with Crippen molar-refractivity contribution in [3.63, 3.8) is 0 Å². The zero-order valence-corrected chi connectivity index (χ0v) is 13.0. The average Bonchev–Trinajstić information content (AvgIpc) is 3.22. The predicted molar refractivity (Wildman–Crippen MR) is 79.3 cm³/mol. The third-order valence-corrected chi connectivity index (χ3v) is 4.21. The van der Waals surface area contributed by atoms with E-state index in [4.69, 9.17) is 0 Å². The molecule has 1 atom stereocenters. The van der Waals surface area contributed by atoms with Gasteiger partial charge in [-0.15, -0.1) is 0 Å². The minimum Gasteiger partial charge on any atom is -0.313 e. The average molecular weight is 345 g/mol. The first-order valence-electron chi connectivity index (χ1n) is 6.88. The number of halogens is 2. The number of hydrogen-bond acceptors (Lipinski definition) is 3. The van der Waals surface area contributed by atoms with E-state index in [-0.39, 0.29) is 16.2 Å². The number of rotatable bonds is 7. The second-order valence-corrected chi connectivity index (χ2v) is 6.11. The molecule has 1 aliphatic rings. The minimum absolute atomic E-state index is 0.0118. The highest BCUT2D eigenvalue weighted by Gasteiger charge is 2.32. The first-order chi connectivity index (χ1) is 9.52. The Morgan fingerprint density at radius 2 is 2.25 bits per heavy atom. The molecule has 1 unspecified atom stereocenters. The highest BCUT2D eigenvalue weighted by molar-refractivity contribution is 9.10. The topological polar surface area (TPSA) is 55.2 Å². The van der Waals surface area contributed by atoms with Crippen LogP contribution in [0.15, 0.2) is 16.6 Å². The standard InChI is InChI=1S/C14H18BrFN2O2/c1-2-5-17-13(9-3-4-9)7-10-6-12(16)11(15)8-14(10)18(19)20/h6,8-9,13,17H,2-5,7H2,1H3. The van der Waals surface area contributed by atoms with E-state index in [9.17, 15) is 14.5 Å². The Kier molecular flexibility index (Phi) is 5.10. The fraction of sp³-hybridized carbons (Fsp3) is 0.571. The second kappa shape index (κ2) is 6.63. The Bertz CT molecular complexity index is 506. The molecule has 0 spiro atoms. The van der Waals surface area contributed by atoms with E-state index in [1.807, 2.05) is 0 Å². The molecule has 1 saturated carbocycles. The number of nitro benzene ring substituents is 1. The monoisotopic (exact) mass is 344 g/mol.